The van der Waals surface area contributed by atoms with Crippen molar-refractivity contribution in [2.24, 2.45) is 0 Å². The van der Waals surface area contributed by atoms with Gasteiger partial charge in [-0.3, -0.25) is 4.79 Å². The number of fused-ring (bicyclic) bond motifs is 1. The first kappa shape index (κ1) is 19.7. The van der Waals surface area contributed by atoms with Gasteiger partial charge in [0.1, 0.15) is 5.75 Å². The van der Waals surface area contributed by atoms with E-state index in [1.807, 2.05) is 36.4 Å². The van der Waals surface area contributed by atoms with Gasteiger partial charge in [-0.1, -0.05) is 24.8 Å². The molecule has 2 rings (SSSR count). The minimum absolute atomic E-state index is 0.0709. The van der Waals surface area contributed by atoms with Crippen LogP contribution in [0.5, 0.6) is 5.75 Å². The molecule has 4 nitrogen and oxygen atoms in total. The standard InChI is InChI=1S/C22H26O4/c1-16(2)22(24)26-13-7-5-4-6-12-25-21-11-10-19-14-18(17(3)23)8-9-20(19)15-21/h8-11,14-15H,1,4-7,12-13H2,2-3H3. The zero-order chi connectivity index (χ0) is 18.9. The molecule has 0 N–H and O–H groups in total. The van der Waals surface area contributed by atoms with Crippen molar-refractivity contribution in [2.75, 3.05) is 13.2 Å². The van der Waals surface area contributed by atoms with Gasteiger partial charge in [0.05, 0.1) is 13.2 Å². The molecule has 4 heteroatoms. The molecule has 0 atom stereocenters. The highest BCUT2D eigenvalue weighted by atomic mass is 16.5. The maximum absolute atomic E-state index is 11.4. The molecular formula is C22H26O4. The van der Waals surface area contributed by atoms with Gasteiger partial charge in [0, 0.05) is 11.1 Å². The quantitative estimate of drug-likeness (QED) is 0.258. The molecule has 0 aliphatic rings. The number of carbonyl (C=O) groups is 2. The lowest BCUT2D eigenvalue weighted by Crippen LogP contribution is -2.06. The van der Waals surface area contributed by atoms with Gasteiger partial charge in [-0.2, -0.15) is 0 Å². The van der Waals surface area contributed by atoms with Crippen molar-refractivity contribution < 1.29 is 19.1 Å². The first-order valence-corrected chi connectivity index (χ1v) is 8.97. The third-order valence-corrected chi connectivity index (χ3v) is 4.11. The fraction of sp³-hybridized carbons (Fsp3) is 0.364. The third kappa shape index (κ3) is 6.03. The molecule has 0 fully saturated rings. The summed E-state index contributed by atoms with van der Waals surface area (Å²) in [5.74, 6) is 0.588. The van der Waals surface area contributed by atoms with E-state index in [0.29, 0.717) is 18.8 Å². The molecule has 0 aliphatic carbocycles. The lowest BCUT2D eigenvalue weighted by molar-refractivity contribution is -0.139. The van der Waals surface area contributed by atoms with Gasteiger partial charge in [-0.25, -0.2) is 4.79 Å². The van der Waals surface area contributed by atoms with E-state index in [1.54, 1.807) is 13.8 Å². The molecule has 0 heterocycles. The second-order valence-corrected chi connectivity index (χ2v) is 6.46. The summed E-state index contributed by atoms with van der Waals surface area (Å²) in [5, 5.41) is 2.10. The van der Waals surface area contributed by atoms with Gasteiger partial charge in [0.25, 0.3) is 0 Å². The van der Waals surface area contributed by atoms with E-state index in [2.05, 4.69) is 6.58 Å². The SMILES string of the molecule is C=C(C)C(=O)OCCCCCCOc1ccc2cc(C(C)=O)ccc2c1. The molecule has 2 aromatic rings. The van der Waals surface area contributed by atoms with E-state index in [1.165, 1.54) is 0 Å². The number of benzene rings is 2. The van der Waals surface area contributed by atoms with Crippen LogP contribution in [-0.4, -0.2) is 25.0 Å². The molecule has 0 radical (unpaired) electrons. The molecule has 26 heavy (non-hydrogen) atoms. The summed E-state index contributed by atoms with van der Waals surface area (Å²) in [6.45, 7) is 7.87. The van der Waals surface area contributed by atoms with Crippen LogP contribution in [0.3, 0.4) is 0 Å². The molecule has 2 aromatic carbocycles. The van der Waals surface area contributed by atoms with E-state index >= 15 is 0 Å². The number of ketones is 1. The monoisotopic (exact) mass is 354 g/mol. The molecule has 0 unspecified atom stereocenters. The Kier molecular flexibility index (Phi) is 7.39. The lowest BCUT2D eigenvalue weighted by atomic mass is 10.0. The van der Waals surface area contributed by atoms with Crippen LogP contribution < -0.4 is 4.74 Å². The highest BCUT2D eigenvalue weighted by Gasteiger charge is 2.03. The minimum Gasteiger partial charge on any atom is -0.494 e. The number of carbonyl (C=O) groups excluding carboxylic acids is 2. The fourth-order valence-electron chi connectivity index (χ4n) is 2.57. The van der Waals surface area contributed by atoms with Gasteiger partial charge in [-0.05, 0) is 68.5 Å². The highest BCUT2D eigenvalue weighted by Crippen LogP contribution is 2.22. The van der Waals surface area contributed by atoms with Crippen molar-refractivity contribution >= 4 is 22.5 Å². The molecule has 0 aliphatic heterocycles. The van der Waals surface area contributed by atoms with Crippen molar-refractivity contribution in [1.82, 2.24) is 0 Å². The maximum atomic E-state index is 11.4. The van der Waals surface area contributed by atoms with Crippen molar-refractivity contribution in [3.63, 3.8) is 0 Å². The number of rotatable bonds is 10. The second-order valence-electron chi connectivity index (χ2n) is 6.46. The molecule has 0 spiro atoms. The predicted molar refractivity (Wildman–Crippen MR) is 104 cm³/mol. The molecule has 0 bridgehead atoms. The Balaban J connectivity index is 1.68. The molecule has 0 aromatic heterocycles. The van der Waals surface area contributed by atoms with Crippen LogP contribution in [0.1, 0.15) is 49.9 Å². The minimum atomic E-state index is -0.319. The average Bonchev–Trinajstić information content (AvgIpc) is 2.62. The Labute approximate surface area is 154 Å². The van der Waals surface area contributed by atoms with E-state index in [0.717, 1.165) is 47.8 Å². The Morgan fingerprint density at radius 2 is 1.54 bits per heavy atom. The van der Waals surface area contributed by atoms with Crippen molar-refractivity contribution in [1.29, 1.82) is 0 Å². The summed E-state index contributed by atoms with van der Waals surface area (Å²) >= 11 is 0. The van der Waals surface area contributed by atoms with E-state index in [9.17, 15) is 9.59 Å². The highest BCUT2D eigenvalue weighted by molar-refractivity contribution is 5.98. The molecule has 0 saturated carbocycles. The second kappa shape index (κ2) is 9.76. The fourth-order valence-corrected chi connectivity index (χ4v) is 2.57. The van der Waals surface area contributed by atoms with Crippen LogP contribution >= 0.6 is 0 Å². The Bertz CT molecular complexity index is 792. The van der Waals surface area contributed by atoms with Gasteiger partial charge < -0.3 is 9.47 Å². The number of hydrogen-bond donors (Lipinski definition) is 0. The summed E-state index contributed by atoms with van der Waals surface area (Å²) in [4.78, 5) is 22.7. The van der Waals surface area contributed by atoms with Crippen LogP contribution in [-0.2, 0) is 9.53 Å². The summed E-state index contributed by atoms with van der Waals surface area (Å²) < 4.78 is 10.9. The Morgan fingerprint density at radius 1 is 0.885 bits per heavy atom. The zero-order valence-corrected chi connectivity index (χ0v) is 15.5. The molecular weight excluding hydrogens is 328 g/mol. The summed E-state index contributed by atoms with van der Waals surface area (Å²) in [6, 6.07) is 11.6. The molecule has 138 valence electrons. The van der Waals surface area contributed by atoms with Crippen LogP contribution in [0.25, 0.3) is 10.8 Å². The Morgan fingerprint density at radius 3 is 2.23 bits per heavy atom. The van der Waals surface area contributed by atoms with Gasteiger partial charge in [0.2, 0.25) is 0 Å². The zero-order valence-electron chi connectivity index (χ0n) is 15.5. The van der Waals surface area contributed by atoms with Gasteiger partial charge in [-0.15, -0.1) is 0 Å². The van der Waals surface area contributed by atoms with Crippen LogP contribution in [0, 0.1) is 0 Å². The first-order chi connectivity index (χ1) is 12.5. The van der Waals surface area contributed by atoms with Crippen molar-refractivity contribution in [2.45, 2.75) is 39.5 Å². The van der Waals surface area contributed by atoms with Crippen molar-refractivity contribution in [3.8, 4) is 5.75 Å². The number of Topliss-reactive ketones (excluding diaryl/α,β-unsaturated/α-hetero) is 1. The van der Waals surface area contributed by atoms with Crippen molar-refractivity contribution in [3.05, 3.63) is 54.1 Å². The number of ether oxygens (including phenoxy) is 2. The topological polar surface area (TPSA) is 52.6 Å². The number of unbranched alkanes of at least 4 members (excludes halogenated alkanes) is 3. The smallest absolute Gasteiger partial charge is 0.333 e. The van der Waals surface area contributed by atoms with E-state index in [-0.39, 0.29) is 11.8 Å². The largest absolute Gasteiger partial charge is 0.494 e. The predicted octanol–water partition coefficient (Wildman–Crippen LogP) is 5.10. The maximum Gasteiger partial charge on any atom is 0.333 e. The third-order valence-electron chi connectivity index (χ3n) is 4.11. The molecule has 0 amide bonds. The summed E-state index contributed by atoms with van der Waals surface area (Å²) in [7, 11) is 0. The lowest BCUT2D eigenvalue weighted by Gasteiger charge is -2.08. The molecule has 0 saturated heterocycles. The van der Waals surface area contributed by atoms with Gasteiger partial charge >= 0.3 is 5.97 Å². The Hall–Kier alpha value is -2.62. The van der Waals surface area contributed by atoms with Crippen LogP contribution in [0.15, 0.2) is 48.6 Å². The number of hydrogen-bond acceptors (Lipinski definition) is 4. The first-order valence-electron chi connectivity index (χ1n) is 8.97. The summed E-state index contributed by atoms with van der Waals surface area (Å²) in [6.07, 6.45) is 3.84. The average molecular weight is 354 g/mol. The van der Waals surface area contributed by atoms with E-state index in [4.69, 9.17) is 9.47 Å². The van der Waals surface area contributed by atoms with Crippen LogP contribution in [0.4, 0.5) is 0 Å². The number of esters is 1. The van der Waals surface area contributed by atoms with Gasteiger partial charge in [0.15, 0.2) is 5.78 Å². The van der Waals surface area contributed by atoms with E-state index < -0.39 is 0 Å². The normalized spacial score (nSPS) is 10.5. The van der Waals surface area contributed by atoms with Crippen LogP contribution in [0.2, 0.25) is 0 Å². The summed E-state index contributed by atoms with van der Waals surface area (Å²) in [5.41, 5.74) is 1.16.